The van der Waals surface area contributed by atoms with Crippen LogP contribution >= 0.6 is 22.7 Å². The van der Waals surface area contributed by atoms with Crippen molar-refractivity contribution in [3.63, 3.8) is 0 Å². The number of carbonyl (C=O) groups excluding carboxylic acids is 1. The van der Waals surface area contributed by atoms with Crippen LogP contribution in [0.3, 0.4) is 0 Å². The molecule has 1 aliphatic rings. The lowest BCUT2D eigenvalue weighted by Crippen LogP contribution is -2.13. The van der Waals surface area contributed by atoms with Gasteiger partial charge in [-0.3, -0.25) is 10.1 Å². The van der Waals surface area contributed by atoms with Gasteiger partial charge in [-0.1, -0.05) is 23.8 Å². The summed E-state index contributed by atoms with van der Waals surface area (Å²) in [6, 6.07) is 3.52. The maximum atomic E-state index is 11.9. The van der Waals surface area contributed by atoms with Crippen LogP contribution in [0.1, 0.15) is 50.2 Å². The Hall–Kier alpha value is -1.73. The molecule has 0 radical (unpaired) electrons. The number of aromatic carboxylic acids is 1. The van der Waals surface area contributed by atoms with E-state index < -0.39 is 5.97 Å². The molecule has 7 heteroatoms. The molecule has 5 nitrogen and oxygen atoms in total. The first-order valence-electron chi connectivity index (χ1n) is 6.24. The Morgan fingerprint density at radius 2 is 2.20 bits per heavy atom. The van der Waals surface area contributed by atoms with Crippen molar-refractivity contribution < 1.29 is 14.7 Å². The number of carboxylic acid groups (broad SMARTS) is 1. The lowest BCUT2D eigenvalue weighted by atomic mass is 9.82. The van der Waals surface area contributed by atoms with Crippen molar-refractivity contribution in [3.05, 3.63) is 33.0 Å². The molecule has 0 aromatic carbocycles. The highest BCUT2D eigenvalue weighted by Crippen LogP contribution is 2.40. The predicted octanol–water partition coefficient (Wildman–Crippen LogP) is 3.42. The molecule has 2 aromatic rings. The summed E-state index contributed by atoms with van der Waals surface area (Å²) in [4.78, 5) is 28.3. The van der Waals surface area contributed by atoms with Crippen LogP contribution in [-0.4, -0.2) is 22.0 Å². The van der Waals surface area contributed by atoms with Crippen LogP contribution in [0.25, 0.3) is 0 Å². The minimum atomic E-state index is -0.971. The molecule has 3 rings (SSSR count). The maximum Gasteiger partial charge on any atom is 0.347 e. The third-order valence-corrected chi connectivity index (χ3v) is 5.15. The van der Waals surface area contributed by atoms with Gasteiger partial charge in [-0.25, -0.2) is 9.78 Å². The molecule has 0 saturated heterocycles. The number of hydrogen-bond donors (Lipinski definition) is 2. The van der Waals surface area contributed by atoms with Gasteiger partial charge >= 0.3 is 5.97 Å². The lowest BCUT2D eigenvalue weighted by Gasteiger charge is -2.23. The molecule has 0 spiro atoms. The molecular formula is C13H12N2O3S2. The van der Waals surface area contributed by atoms with Gasteiger partial charge in [0.05, 0.1) is 10.6 Å². The molecule has 104 valence electrons. The van der Waals surface area contributed by atoms with Crippen LogP contribution in [0.15, 0.2) is 17.5 Å². The summed E-state index contributed by atoms with van der Waals surface area (Å²) in [7, 11) is 0. The number of hydrogen-bond acceptors (Lipinski definition) is 5. The van der Waals surface area contributed by atoms with Gasteiger partial charge in [0, 0.05) is 5.92 Å². The second kappa shape index (κ2) is 5.34. The minimum Gasteiger partial charge on any atom is -0.477 e. The average Bonchev–Trinajstić information content (AvgIpc) is 2.95. The van der Waals surface area contributed by atoms with E-state index in [0.29, 0.717) is 15.7 Å². The van der Waals surface area contributed by atoms with E-state index in [1.165, 1.54) is 11.3 Å². The number of rotatable bonds is 4. The zero-order chi connectivity index (χ0) is 14.1. The molecule has 1 aliphatic carbocycles. The SMILES string of the molecule is O=C(Nc1nc(C2CCC2)c(C(=O)O)s1)c1cccs1. The van der Waals surface area contributed by atoms with E-state index in [1.807, 2.05) is 5.38 Å². The first-order chi connectivity index (χ1) is 9.65. The van der Waals surface area contributed by atoms with Crippen molar-refractivity contribution in [1.82, 2.24) is 4.98 Å². The minimum absolute atomic E-state index is 0.227. The van der Waals surface area contributed by atoms with E-state index in [4.69, 9.17) is 0 Å². The summed E-state index contributed by atoms with van der Waals surface area (Å²) in [6.07, 6.45) is 3.06. The highest BCUT2D eigenvalue weighted by Gasteiger charge is 2.29. The van der Waals surface area contributed by atoms with E-state index in [9.17, 15) is 14.7 Å². The summed E-state index contributed by atoms with van der Waals surface area (Å²) in [5, 5.41) is 14.1. The molecule has 20 heavy (non-hydrogen) atoms. The van der Waals surface area contributed by atoms with Crippen LogP contribution in [0, 0.1) is 0 Å². The highest BCUT2D eigenvalue weighted by atomic mass is 32.1. The second-order valence-corrected chi connectivity index (χ2v) is 6.54. The van der Waals surface area contributed by atoms with E-state index in [1.54, 1.807) is 12.1 Å². The van der Waals surface area contributed by atoms with Crippen molar-refractivity contribution in [3.8, 4) is 0 Å². The Morgan fingerprint density at radius 3 is 2.75 bits per heavy atom. The lowest BCUT2D eigenvalue weighted by molar-refractivity contribution is 0.0699. The molecule has 1 amide bonds. The molecule has 1 saturated carbocycles. The van der Waals surface area contributed by atoms with Crippen LogP contribution in [0.5, 0.6) is 0 Å². The van der Waals surface area contributed by atoms with Gasteiger partial charge in [-0.05, 0) is 24.3 Å². The molecule has 2 aromatic heterocycles. The number of thiazole rings is 1. The number of thiophene rings is 1. The molecule has 1 fully saturated rings. The Kier molecular flexibility index (Phi) is 3.54. The van der Waals surface area contributed by atoms with Gasteiger partial charge in [0.15, 0.2) is 5.13 Å². The van der Waals surface area contributed by atoms with E-state index in [0.717, 1.165) is 30.6 Å². The van der Waals surface area contributed by atoms with Gasteiger partial charge in [0.25, 0.3) is 5.91 Å². The van der Waals surface area contributed by atoms with Crippen molar-refractivity contribution in [2.75, 3.05) is 5.32 Å². The van der Waals surface area contributed by atoms with Gasteiger partial charge < -0.3 is 5.11 Å². The standard InChI is InChI=1S/C13H12N2O3S2/c16-11(8-5-2-6-19-8)15-13-14-9(7-3-1-4-7)10(20-13)12(17)18/h2,5-7H,1,3-4H2,(H,17,18)(H,14,15,16). The molecule has 0 atom stereocenters. The van der Waals surface area contributed by atoms with Crippen LogP contribution in [0.2, 0.25) is 0 Å². The Morgan fingerprint density at radius 1 is 1.40 bits per heavy atom. The van der Waals surface area contributed by atoms with Crippen molar-refractivity contribution in [2.24, 2.45) is 0 Å². The first-order valence-corrected chi connectivity index (χ1v) is 7.93. The fourth-order valence-electron chi connectivity index (χ4n) is 2.06. The zero-order valence-corrected chi connectivity index (χ0v) is 12.1. The Labute approximate surface area is 123 Å². The zero-order valence-electron chi connectivity index (χ0n) is 10.5. The Bertz CT molecular complexity index is 645. The average molecular weight is 308 g/mol. The summed E-state index contributed by atoms with van der Waals surface area (Å²) in [5.41, 5.74) is 0.621. The third-order valence-electron chi connectivity index (χ3n) is 3.30. The normalized spacial score (nSPS) is 14.8. The quantitative estimate of drug-likeness (QED) is 0.907. The van der Waals surface area contributed by atoms with E-state index >= 15 is 0 Å². The first kappa shape index (κ1) is 13.3. The highest BCUT2D eigenvalue weighted by molar-refractivity contribution is 7.18. The Balaban J connectivity index is 1.83. The van der Waals surface area contributed by atoms with Gasteiger partial charge in [0.2, 0.25) is 0 Å². The topological polar surface area (TPSA) is 79.3 Å². The number of anilines is 1. The fraction of sp³-hybridized carbons (Fsp3) is 0.308. The number of aromatic nitrogens is 1. The largest absolute Gasteiger partial charge is 0.477 e. The molecule has 0 bridgehead atoms. The third kappa shape index (κ3) is 2.46. The van der Waals surface area contributed by atoms with Gasteiger partial charge in [0.1, 0.15) is 4.88 Å². The molecule has 0 unspecified atom stereocenters. The molecule has 2 heterocycles. The van der Waals surface area contributed by atoms with Crippen LogP contribution < -0.4 is 5.32 Å². The fourth-order valence-corrected chi connectivity index (χ4v) is 3.57. The monoisotopic (exact) mass is 308 g/mol. The summed E-state index contributed by atoms with van der Waals surface area (Å²) in [6.45, 7) is 0. The number of nitrogens with one attached hydrogen (secondary N) is 1. The van der Waals surface area contributed by atoms with Crippen molar-refractivity contribution in [1.29, 1.82) is 0 Å². The van der Waals surface area contributed by atoms with E-state index in [2.05, 4.69) is 10.3 Å². The summed E-state index contributed by atoms with van der Waals surface area (Å²) in [5.74, 6) is -0.989. The molecule has 0 aliphatic heterocycles. The number of carbonyl (C=O) groups is 2. The van der Waals surface area contributed by atoms with E-state index in [-0.39, 0.29) is 16.7 Å². The summed E-state index contributed by atoms with van der Waals surface area (Å²) >= 11 is 2.37. The van der Waals surface area contributed by atoms with Crippen LogP contribution in [0.4, 0.5) is 5.13 Å². The van der Waals surface area contributed by atoms with Crippen molar-refractivity contribution >= 4 is 39.7 Å². The number of amides is 1. The summed E-state index contributed by atoms with van der Waals surface area (Å²) < 4.78 is 0. The maximum absolute atomic E-state index is 11.9. The molecule has 2 N–H and O–H groups in total. The molecular weight excluding hydrogens is 296 g/mol. The second-order valence-electron chi connectivity index (χ2n) is 4.60. The van der Waals surface area contributed by atoms with Gasteiger partial charge in [-0.2, -0.15) is 0 Å². The van der Waals surface area contributed by atoms with Gasteiger partial charge in [-0.15, -0.1) is 11.3 Å². The number of carboxylic acids is 1. The number of nitrogens with zero attached hydrogens (tertiary/aromatic N) is 1. The smallest absolute Gasteiger partial charge is 0.347 e. The van der Waals surface area contributed by atoms with Crippen LogP contribution in [-0.2, 0) is 0 Å². The predicted molar refractivity (Wildman–Crippen MR) is 77.9 cm³/mol. The van der Waals surface area contributed by atoms with Crippen molar-refractivity contribution in [2.45, 2.75) is 25.2 Å².